The maximum Gasteiger partial charge on any atom is 0.231 e. The second-order valence-corrected chi connectivity index (χ2v) is 9.21. The van der Waals surface area contributed by atoms with Crippen LogP contribution in [0.2, 0.25) is 0 Å². The maximum absolute atomic E-state index is 5.93. The number of hydrogen-bond acceptors (Lipinski definition) is 7. The van der Waals surface area contributed by atoms with E-state index in [0.29, 0.717) is 11.8 Å². The molecular formula is C21H32N6O2. The SMILES string of the molecule is CC(C)(C)n1nnnc1C(NCC1CCCC(CN)C1)c1ccc2c(c1)OCO2. The van der Waals surface area contributed by atoms with Gasteiger partial charge in [0.15, 0.2) is 17.3 Å². The van der Waals surface area contributed by atoms with Gasteiger partial charge in [-0.15, -0.1) is 5.10 Å². The molecule has 1 saturated carbocycles. The summed E-state index contributed by atoms with van der Waals surface area (Å²) in [6.45, 7) is 8.28. The van der Waals surface area contributed by atoms with Gasteiger partial charge in [0, 0.05) is 0 Å². The monoisotopic (exact) mass is 400 g/mol. The van der Waals surface area contributed by atoms with Crippen LogP contribution in [0.25, 0.3) is 0 Å². The lowest BCUT2D eigenvalue weighted by Crippen LogP contribution is -2.35. The number of ether oxygens (including phenoxy) is 2. The Morgan fingerprint density at radius 2 is 2.00 bits per heavy atom. The van der Waals surface area contributed by atoms with E-state index in [0.717, 1.165) is 36.0 Å². The summed E-state index contributed by atoms with van der Waals surface area (Å²) in [6.07, 6.45) is 4.92. The third-order valence-corrected chi connectivity index (χ3v) is 5.95. The Bertz CT molecular complexity index is 831. The molecule has 1 fully saturated rings. The van der Waals surface area contributed by atoms with Crippen LogP contribution in [-0.4, -0.2) is 40.1 Å². The summed E-state index contributed by atoms with van der Waals surface area (Å²) in [7, 11) is 0. The predicted molar refractivity (Wildman–Crippen MR) is 110 cm³/mol. The van der Waals surface area contributed by atoms with E-state index in [1.54, 1.807) is 0 Å². The van der Waals surface area contributed by atoms with Gasteiger partial charge in [0.05, 0.1) is 11.6 Å². The summed E-state index contributed by atoms with van der Waals surface area (Å²) in [5.74, 6) is 3.61. The van der Waals surface area contributed by atoms with Crippen molar-refractivity contribution in [2.75, 3.05) is 19.9 Å². The molecule has 8 nitrogen and oxygen atoms in total. The van der Waals surface area contributed by atoms with Crippen molar-refractivity contribution < 1.29 is 9.47 Å². The zero-order valence-electron chi connectivity index (χ0n) is 17.6. The number of nitrogens with one attached hydrogen (secondary N) is 1. The highest BCUT2D eigenvalue weighted by Gasteiger charge is 2.29. The zero-order valence-corrected chi connectivity index (χ0v) is 17.6. The topological polar surface area (TPSA) is 100 Å². The third kappa shape index (κ3) is 4.38. The van der Waals surface area contributed by atoms with Gasteiger partial charge < -0.3 is 20.5 Å². The molecule has 3 unspecified atom stereocenters. The van der Waals surface area contributed by atoms with Crippen LogP contribution in [0, 0.1) is 11.8 Å². The lowest BCUT2D eigenvalue weighted by Gasteiger charge is -2.30. The summed E-state index contributed by atoms with van der Waals surface area (Å²) >= 11 is 0. The highest BCUT2D eigenvalue weighted by Crippen LogP contribution is 2.36. The molecule has 0 bridgehead atoms. The van der Waals surface area contributed by atoms with Crippen LogP contribution >= 0.6 is 0 Å². The summed E-state index contributed by atoms with van der Waals surface area (Å²) in [5.41, 5.74) is 6.79. The second kappa shape index (κ2) is 8.28. The largest absolute Gasteiger partial charge is 0.454 e. The van der Waals surface area contributed by atoms with Crippen LogP contribution in [-0.2, 0) is 5.54 Å². The number of nitrogens with zero attached hydrogens (tertiary/aromatic N) is 4. The molecule has 1 aromatic carbocycles. The molecule has 2 aromatic rings. The van der Waals surface area contributed by atoms with Gasteiger partial charge in [-0.25, -0.2) is 4.68 Å². The molecule has 1 aliphatic heterocycles. The molecule has 1 aliphatic carbocycles. The first-order chi connectivity index (χ1) is 14.0. The van der Waals surface area contributed by atoms with E-state index in [1.165, 1.54) is 25.7 Å². The van der Waals surface area contributed by atoms with E-state index in [-0.39, 0.29) is 18.4 Å². The average Bonchev–Trinajstić information content (AvgIpc) is 3.37. The fourth-order valence-electron chi connectivity index (χ4n) is 4.39. The van der Waals surface area contributed by atoms with E-state index in [2.05, 4.69) is 47.7 Å². The van der Waals surface area contributed by atoms with Crippen molar-refractivity contribution >= 4 is 0 Å². The Morgan fingerprint density at radius 1 is 1.21 bits per heavy atom. The number of rotatable bonds is 6. The van der Waals surface area contributed by atoms with E-state index in [1.807, 2.05) is 16.8 Å². The molecule has 0 spiro atoms. The summed E-state index contributed by atoms with van der Waals surface area (Å²) in [5, 5.41) is 16.4. The van der Waals surface area contributed by atoms with Gasteiger partial charge in [-0.1, -0.05) is 12.5 Å². The zero-order chi connectivity index (χ0) is 20.4. The fourth-order valence-corrected chi connectivity index (χ4v) is 4.39. The summed E-state index contributed by atoms with van der Waals surface area (Å²) in [4.78, 5) is 0. The van der Waals surface area contributed by atoms with Crippen LogP contribution in [0.4, 0.5) is 0 Å². The van der Waals surface area contributed by atoms with Gasteiger partial charge in [0.1, 0.15) is 0 Å². The quantitative estimate of drug-likeness (QED) is 0.769. The molecule has 29 heavy (non-hydrogen) atoms. The molecule has 2 aliphatic rings. The lowest BCUT2D eigenvalue weighted by atomic mass is 9.81. The Morgan fingerprint density at radius 3 is 2.79 bits per heavy atom. The molecule has 0 amide bonds. The molecule has 0 radical (unpaired) electrons. The first kappa shape index (κ1) is 20.1. The Labute approximate surface area is 172 Å². The van der Waals surface area contributed by atoms with Crippen molar-refractivity contribution in [3.05, 3.63) is 29.6 Å². The number of hydrogen-bond donors (Lipinski definition) is 2. The summed E-state index contributed by atoms with van der Waals surface area (Å²) in [6, 6.07) is 5.93. The smallest absolute Gasteiger partial charge is 0.231 e. The Kier molecular flexibility index (Phi) is 5.74. The van der Waals surface area contributed by atoms with Crippen LogP contribution in [0.3, 0.4) is 0 Å². The van der Waals surface area contributed by atoms with Crippen LogP contribution in [0.15, 0.2) is 18.2 Å². The Balaban J connectivity index is 1.60. The number of nitrogens with two attached hydrogens (primary N) is 1. The van der Waals surface area contributed by atoms with Gasteiger partial charge in [0.25, 0.3) is 0 Å². The normalized spacial score (nSPS) is 22.6. The van der Waals surface area contributed by atoms with Crippen molar-refractivity contribution in [3.63, 3.8) is 0 Å². The predicted octanol–water partition coefficient (Wildman–Crippen LogP) is 2.60. The first-order valence-electron chi connectivity index (χ1n) is 10.6. The minimum atomic E-state index is -0.218. The molecule has 3 atom stereocenters. The van der Waals surface area contributed by atoms with Crippen molar-refractivity contribution in [1.29, 1.82) is 0 Å². The average molecular weight is 401 g/mol. The highest BCUT2D eigenvalue weighted by molar-refractivity contribution is 5.46. The van der Waals surface area contributed by atoms with E-state index < -0.39 is 0 Å². The van der Waals surface area contributed by atoms with Crippen LogP contribution < -0.4 is 20.5 Å². The van der Waals surface area contributed by atoms with E-state index in [4.69, 9.17) is 15.2 Å². The molecule has 158 valence electrons. The number of aromatic nitrogens is 4. The van der Waals surface area contributed by atoms with E-state index >= 15 is 0 Å². The van der Waals surface area contributed by atoms with Crippen molar-refractivity contribution in [2.24, 2.45) is 17.6 Å². The molecular weight excluding hydrogens is 368 g/mol. The van der Waals surface area contributed by atoms with Gasteiger partial charge in [0.2, 0.25) is 6.79 Å². The van der Waals surface area contributed by atoms with E-state index in [9.17, 15) is 0 Å². The molecule has 1 aromatic heterocycles. The van der Waals surface area contributed by atoms with Gasteiger partial charge in [-0.3, -0.25) is 0 Å². The standard InChI is InChI=1S/C21H32N6O2/c1-21(2,3)27-20(24-25-26-27)19(16-7-8-17-18(10-16)29-13-28-17)23-12-15-6-4-5-14(9-15)11-22/h7-8,10,14-15,19,23H,4-6,9,11-13,22H2,1-3H3. The summed E-state index contributed by atoms with van der Waals surface area (Å²) < 4.78 is 13.0. The number of fused-ring (bicyclic) bond motifs is 1. The molecule has 4 rings (SSSR count). The Hall–Kier alpha value is -2.19. The van der Waals surface area contributed by atoms with Gasteiger partial charge in [-0.05, 0) is 93.1 Å². The van der Waals surface area contributed by atoms with Crippen molar-refractivity contribution in [1.82, 2.24) is 25.5 Å². The van der Waals surface area contributed by atoms with Gasteiger partial charge >= 0.3 is 0 Å². The minimum absolute atomic E-state index is 0.128. The molecule has 2 heterocycles. The minimum Gasteiger partial charge on any atom is -0.454 e. The number of benzene rings is 1. The number of tetrazole rings is 1. The van der Waals surface area contributed by atoms with Crippen LogP contribution in [0.1, 0.15) is 63.9 Å². The maximum atomic E-state index is 5.93. The molecule has 3 N–H and O–H groups in total. The third-order valence-electron chi connectivity index (χ3n) is 5.95. The van der Waals surface area contributed by atoms with Crippen molar-refractivity contribution in [3.8, 4) is 11.5 Å². The molecule has 0 saturated heterocycles. The lowest BCUT2D eigenvalue weighted by molar-refractivity contribution is 0.174. The van der Waals surface area contributed by atoms with Gasteiger partial charge in [-0.2, -0.15) is 0 Å². The fraction of sp³-hybridized carbons (Fsp3) is 0.667. The first-order valence-corrected chi connectivity index (χ1v) is 10.6. The highest BCUT2D eigenvalue weighted by atomic mass is 16.7. The van der Waals surface area contributed by atoms with Crippen molar-refractivity contribution in [2.45, 2.75) is 58.0 Å². The molecule has 8 heteroatoms. The van der Waals surface area contributed by atoms with Crippen LogP contribution in [0.5, 0.6) is 11.5 Å². The second-order valence-electron chi connectivity index (χ2n) is 9.21.